The second-order valence-electron chi connectivity index (χ2n) is 6.29. The summed E-state index contributed by atoms with van der Waals surface area (Å²) in [7, 11) is 1.90. The summed E-state index contributed by atoms with van der Waals surface area (Å²) >= 11 is 1.65. The molecule has 126 valence electrons. The maximum atomic E-state index is 12.3. The molecule has 22 heavy (non-hydrogen) atoms. The molecule has 2 atom stereocenters. The lowest BCUT2D eigenvalue weighted by Gasteiger charge is -2.29. The number of carbonyl (C=O) groups excluding carboxylic acids is 1. The lowest BCUT2D eigenvalue weighted by Crippen LogP contribution is -2.39. The van der Waals surface area contributed by atoms with Crippen LogP contribution >= 0.6 is 36.2 Å². The Balaban J connectivity index is 0.00000121. The lowest BCUT2D eigenvalue weighted by atomic mass is 9.89. The molecule has 2 aliphatic rings. The van der Waals surface area contributed by atoms with Crippen molar-refractivity contribution in [3.63, 3.8) is 0 Å². The van der Waals surface area contributed by atoms with Crippen molar-refractivity contribution in [3.8, 4) is 0 Å². The summed E-state index contributed by atoms with van der Waals surface area (Å²) in [6.07, 6.45) is 5.64. The number of thiazole rings is 1. The smallest absolute Gasteiger partial charge is 0.222 e. The van der Waals surface area contributed by atoms with Crippen molar-refractivity contribution in [1.29, 1.82) is 0 Å². The molecule has 1 aromatic heterocycles. The molecule has 2 bridgehead atoms. The molecule has 1 N–H and O–H groups in total. The standard InChI is InChI=1S/C15H23N3OS.2ClH/c1-10-16-14(9-20-10)8-18(2)15(19)7-11-5-12-3-4-13(6-11)17-12;;/h9,11-13,17H,3-8H2,1-2H3;2*1H. The van der Waals surface area contributed by atoms with E-state index < -0.39 is 0 Å². The van der Waals surface area contributed by atoms with Gasteiger partial charge in [0, 0.05) is 30.9 Å². The van der Waals surface area contributed by atoms with Crippen LogP contribution in [0.1, 0.15) is 42.8 Å². The van der Waals surface area contributed by atoms with Gasteiger partial charge in [0.25, 0.3) is 0 Å². The number of aryl methyl sites for hydroxylation is 1. The van der Waals surface area contributed by atoms with E-state index in [1.807, 2.05) is 24.3 Å². The molecule has 7 heteroatoms. The molecule has 4 nitrogen and oxygen atoms in total. The van der Waals surface area contributed by atoms with Gasteiger partial charge >= 0.3 is 0 Å². The van der Waals surface area contributed by atoms with Gasteiger partial charge in [-0.3, -0.25) is 4.79 Å². The van der Waals surface area contributed by atoms with Crippen molar-refractivity contribution in [3.05, 3.63) is 16.1 Å². The summed E-state index contributed by atoms with van der Waals surface area (Å²) in [5, 5.41) is 6.74. The van der Waals surface area contributed by atoms with E-state index in [-0.39, 0.29) is 30.7 Å². The third-order valence-corrected chi connectivity index (χ3v) is 5.35. The Morgan fingerprint density at radius 3 is 2.55 bits per heavy atom. The fourth-order valence-corrected chi connectivity index (χ4v) is 4.16. The van der Waals surface area contributed by atoms with E-state index in [1.165, 1.54) is 25.7 Å². The fraction of sp³-hybridized carbons (Fsp3) is 0.733. The highest BCUT2D eigenvalue weighted by atomic mass is 35.5. The third kappa shape index (κ3) is 4.82. The van der Waals surface area contributed by atoms with Crippen molar-refractivity contribution >= 4 is 42.1 Å². The quantitative estimate of drug-likeness (QED) is 0.890. The Kier molecular flexibility index (Phi) is 7.59. The normalized spacial score (nSPS) is 26.0. The first kappa shape index (κ1) is 19.7. The van der Waals surface area contributed by atoms with Gasteiger partial charge in [0.2, 0.25) is 5.91 Å². The molecule has 0 aliphatic carbocycles. The van der Waals surface area contributed by atoms with Gasteiger partial charge in [0.15, 0.2) is 0 Å². The minimum Gasteiger partial charge on any atom is -0.340 e. The summed E-state index contributed by atoms with van der Waals surface area (Å²) in [6, 6.07) is 1.33. The number of hydrogen-bond donors (Lipinski definition) is 1. The third-order valence-electron chi connectivity index (χ3n) is 4.53. The first-order valence-electron chi connectivity index (χ1n) is 7.51. The summed E-state index contributed by atoms with van der Waals surface area (Å²) in [4.78, 5) is 18.6. The molecule has 0 spiro atoms. The van der Waals surface area contributed by atoms with E-state index in [0.717, 1.165) is 10.7 Å². The number of piperidine rings is 1. The zero-order valence-electron chi connectivity index (χ0n) is 13.1. The SMILES string of the molecule is Cc1nc(CN(C)C(=O)CC2CC3CCC(C2)N3)cs1.Cl.Cl. The molecule has 0 saturated carbocycles. The van der Waals surface area contributed by atoms with Gasteiger partial charge in [-0.25, -0.2) is 4.98 Å². The number of halogens is 2. The van der Waals surface area contributed by atoms with Gasteiger partial charge in [-0.15, -0.1) is 36.2 Å². The maximum Gasteiger partial charge on any atom is 0.222 e. The Labute approximate surface area is 148 Å². The maximum absolute atomic E-state index is 12.3. The van der Waals surface area contributed by atoms with Gasteiger partial charge in [0.1, 0.15) is 0 Å². The van der Waals surface area contributed by atoms with Crippen molar-refractivity contribution in [2.24, 2.45) is 5.92 Å². The first-order valence-corrected chi connectivity index (χ1v) is 8.39. The second-order valence-corrected chi connectivity index (χ2v) is 7.35. The molecular weight excluding hydrogens is 341 g/mol. The van der Waals surface area contributed by atoms with Crippen LogP contribution in [0.2, 0.25) is 0 Å². The molecule has 1 amide bonds. The van der Waals surface area contributed by atoms with E-state index in [0.29, 0.717) is 31.0 Å². The molecule has 2 unspecified atom stereocenters. The van der Waals surface area contributed by atoms with E-state index >= 15 is 0 Å². The second kappa shape index (κ2) is 8.48. The van der Waals surface area contributed by atoms with Gasteiger partial charge < -0.3 is 10.2 Å². The number of amides is 1. The monoisotopic (exact) mass is 365 g/mol. The first-order chi connectivity index (χ1) is 9.60. The Morgan fingerprint density at radius 1 is 1.36 bits per heavy atom. The molecule has 2 saturated heterocycles. The molecule has 0 radical (unpaired) electrons. The van der Waals surface area contributed by atoms with Crippen LogP contribution in [0.15, 0.2) is 5.38 Å². The molecule has 3 heterocycles. The van der Waals surface area contributed by atoms with Crippen LogP contribution in [-0.4, -0.2) is 34.9 Å². The predicted molar refractivity (Wildman–Crippen MR) is 95.1 cm³/mol. The molecule has 1 aromatic rings. The van der Waals surface area contributed by atoms with Crippen LogP contribution in [-0.2, 0) is 11.3 Å². The summed E-state index contributed by atoms with van der Waals surface area (Å²) in [5.74, 6) is 0.836. The number of nitrogens with zero attached hydrogens (tertiary/aromatic N) is 2. The van der Waals surface area contributed by atoms with E-state index in [9.17, 15) is 4.79 Å². The van der Waals surface area contributed by atoms with Crippen molar-refractivity contribution < 1.29 is 4.79 Å². The molecule has 3 rings (SSSR count). The number of nitrogens with one attached hydrogen (secondary N) is 1. The van der Waals surface area contributed by atoms with Gasteiger partial charge in [-0.1, -0.05) is 0 Å². The number of rotatable bonds is 4. The fourth-order valence-electron chi connectivity index (χ4n) is 3.56. The minimum atomic E-state index is 0. The van der Waals surface area contributed by atoms with E-state index in [1.54, 1.807) is 11.3 Å². The largest absolute Gasteiger partial charge is 0.340 e. The predicted octanol–water partition coefficient (Wildman–Crippen LogP) is 3.17. The lowest BCUT2D eigenvalue weighted by molar-refractivity contribution is -0.131. The van der Waals surface area contributed by atoms with Crippen LogP contribution in [0.5, 0.6) is 0 Å². The number of hydrogen-bond acceptors (Lipinski definition) is 4. The topological polar surface area (TPSA) is 45.2 Å². The average Bonchev–Trinajstić information content (AvgIpc) is 2.95. The highest BCUT2D eigenvalue weighted by Crippen LogP contribution is 2.32. The van der Waals surface area contributed by atoms with Gasteiger partial charge in [-0.2, -0.15) is 0 Å². The number of aromatic nitrogens is 1. The van der Waals surface area contributed by atoms with Gasteiger partial charge in [0.05, 0.1) is 17.2 Å². The summed E-state index contributed by atoms with van der Waals surface area (Å²) in [5.41, 5.74) is 1.01. The highest BCUT2D eigenvalue weighted by Gasteiger charge is 2.34. The van der Waals surface area contributed by atoms with Crippen molar-refractivity contribution in [1.82, 2.24) is 15.2 Å². The van der Waals surface area contributed by atoms with E-state index in [2.05, 4.69) is 10.3 Å². The Hall–Kier alpha value is -0.360. The van der Waals surface area contributed by atoms with Crippen LogP contribution < -0.4 is 5.32 Å². The molecular formula is C15H25Cl2N3OS. The van der Waals surface area contributed by atoms with Crippen molar-refractivity contribution in [2.75, 3.05) is 7.05 Å². The Bertz CT molecular complexity index is 485. The van der Waals surface area contributed by atoms with Crippen LogP contribution in [0.3, 0.4) is 0 Å². The minimum absolute atomic E-state index is 0. The van der Waals surface area contributed by atoms with Crippen LogP contribution in [0.4, 0.5) is 0 Å². The summed E-state index contributed by atoms with van der Waals surface area (Å²) < 4.78 is 0. The summed E-state index contributed by atoms with van der Waals surface area (Å²) in [6.45, 7) is 2.64. The van der Waals surface area contributed by atoms with Crippen LogP contribution in [0.25, 0.3) is 0 Å². The number of carbonyl (C=O) groups is 1. The average molecular weight is 366 g/mol. The van der Waals surface area contributed by atoms with Crippen molar-refractivity contribution in [2.45, 2.75) is 57.7 Å². The van der Waals surface area contributed by atoms with E-state index in [4.69, 9.17) is 0 Å². The number of fused-ring (bicyclic) bond motifs is 2. The zero-order valence-corrected chi connectivity index (χ0v) is 15.5. The molecule has 2 aliphatic heterocycles. The molecule has 2 fully saturated rings. The van der Waals surface area contributed by atoms with Crippen LogP contribution in [0, 0.1) is 12.8 Å². The zero-order chi connectivity index (χ0) is 14.1. The Morgan fingerprint density at radius 2 is 2.00 bits per heavy atom. The van der Waals surface area contributed by atoms with Gasteiger partial charge in [-0.05, 0) is 38.5 Å². The highest BCUT2D eigenvalue weighted by molar-refractivity contribution is 7.09. The molecule has 0 aromatic carbocycles.